The van der Waals surface area contributed by atoms with Crippen LogP contribution in [0.15, 0.2) is 0 Å². The van der Waals surface area contributed by atoms with Crippen LogP contribution in [-0.2, 0) is 4.79 Å². The van der Waals surface area contributed by atoms with E-state index in [4.69, 9.17) is 5.73 Å². The minimum atomic E-state index is -0.135. The van der Waals surface area contributed by atoms with Gasteiger partial charge < -0.3 is 5.73 Å². The Labute approximate surface area is 74.5 Å². The van der Waals surface area contributed by atoms with Gasteiger partial charge in [-0.1, -0.05) is 13.8 Å². The average Bonchev–Trinajstić information content (AvgIpc) is 2.34. The fourth-order valence-corrected chi connectivity index (χ4v) is 2.19. The molecule has 1 rings (SSSR count). The number of hydrogen-bond donors (Lipinski definition) is 1. The molecule has 0 aliphatic heterocycles. The van der Waals surface area contributed by atoms with Gasteiger partial charge in [-0.25, -0.2) is 0 Å². The van der Waals surface area contributed by atoms with Crippen molar-refractivity contribution >= 4 is 5.91 Å². The molecule has 70 valence electrons. The molecule has 0 radical (unpaired) electrons. The molecule has 12 heavy (non-hydrogen) atoms. The molecule has 0 saturated heterocycles. The number of rotatable bonds is 3. The molecule has 0 aromatic heterocycles. The van der Waals surface area contributed by atoms with Crippen molar-refractivity contribution < 1.29 is 4.79 Å². The third-order valence-corrected chi connectivity index (χ3v) is 3.01. The van der Waals surface area contributed by atoms with Crippen molar-refractivity contribution in [3.05, 3.63) is 0 Å². The van der Waals surface area contributed by atoms with Gasteiger partial charge in [0.05, 0.1) is 0 Å². The first-order valence-electron chi connectivity index (χ1n) is 4.88. The van der Waals surface area contributed by atoms with Crippen LogP contribution in [0.2, 0.25) is 0 Å². The first-order valence-corrected chi connectivity index (χ1v) is 4.88. The van der Waals surface area contributed by atoms with Gasteiger partial charge in [-0.3, -0.25) is 4.79 Å². The Morgan fingerprint density at radius 1 is 1.50 bits per heavy atom. The van der Waals surface area contributed by atoms with E-state index in [1.807, 2.05) is 0 Å². The van der Waals surface area contributed by atoms with Crippen LogP contribution in [-0.4, -0.2) is 5.91 Å². The highest BCUT2D eigenvalue weighted by Gasteiger charge is 2.27. The van der Waals surface area contributed by atoms with E-state index in [1.54, 1.807) is 0 Å². The van der Waals surface area contributed by atoms with Gasteiger partial charge in [-0.15, -0.1) is 0 Å². The summed E-state index contributed by atoms with van der Waals surface area (Å²) in [5.41, 5.74) is 5.15. The van der Waals surface area contributed by atoms with Crippen LogP contribution >= 0.6 is 0 Å². The number of nitrogens with two attached hydrogens (primary N) is 1. The Bertz CT molecular complexity index is 165. The van der Waals surface area contributed by atoms with Gasteiger partial charge in [-0.05, 0) is 37.0 Å². The average molecular weight is 169 g/mol. The minimum absolute atomic E-state index is 0.135. The zero-order chi connectivity index (χ0) is 9.14. The maximum atomic E-state index is 10.7. The molecule has 1 aliphatic rings. The number of primary amides is 1. The topological polar surface area (TPSA) is 43.1 Å². The van der Waals surface area contributed by atoms with Crippen LogP contribution in [0.1, 0.15) is 39.5 Å². The second-order valence-electron chi connectivity index (χ2n) is 4.35. The molecule has 0 bridgehead atoms. The summed E-state index contributed by atoms with van der Waals surface area (Å²) in [6, 6.07) is 0. The largest absolute Gasteiger partial charge is 0.370 e. The lowest BCUT2D eigenvalue weighted by Crippen LogP contribution is -2.15. The number of carbonyl (C=O) groups is 1. The van der Waals surface area contributed by atoms with Crippen LogP contribution in [0.4, 0.5) is 0 Å². The quantitative estimate of drug-likeness (QED) is 0.689. The van der Waals surface area contributed by atoms with E-state index >= 15 is 0 Å². The summed E-state index contributed by atoms with van der Waals surface area (Å²) in [7, 11) is 0. The summed E-state index contributed by atoms with van der Waals surface area (Å²) >= 11 is 0. The summed E-state index contributed by atoms with van der Waals surface area (Å²) in [6.07, 6.45) is 4.30. The molecule has 2 atom stereocenters. The molecule has 2 nitrogen and oxygen atoms in total. The van der Waals surface area contributed by atoms with Crippen LogP contribution < -0.4 is 5.73 Å². The molecule has 1 amide bonds. The summed E-state index contributed by atoms with van der Waals surface area (Å²) < 4.78 is 0. The maximum Gasteiger partial charge on any atom is 0.217 e. The van der Waals surface area contributed by atoms with Crippen molar-refractivity contribution in [1.29, 1.82) is 0 Å². The minimum Gasteiger partial charge on any atom is -0.370 e. The van der Waals surface area contributed by atoms with E-state index < -0.39 is 0 Å². The first kappa shape index (κ1) is 9.56. The first-order chi connectivity index (χ1) is 5.59. The van der Waals surface area contributed by atoms with Gasteiger partial charge in [0.15, 0.2) is 0 Å². The molecule has 2 heteroatoms. The van der Waals surface area contributed by atoms with E-state index in [2.05, 4.69) is 13.8 Å². The highest BCUT2D eigenvalue weighted by Crippen LogP contribution is 2.36. The van der Waals surface area contributed by atoms with Crippen LogP contribution in [0.3, 0.4) is 0 Å². The zero-order valence-electron chi connectivity index (χ0n) is 8.05. The van der Waals surface area contributed by atoms with Gasteiger partial charge in [0.1, 0.15) is 0 Å². The summed E-state index contributed by atoms with van der Waals surface area (Å²) in [5, 5.41) is 0. The van der Waals surface area contributed by atoms with E-state index in [0.29, 0.717) is 12.3 Å². The maximum absolute atomic E-state index is 10.7. The Morgan fingerprint density at radius 2 is 2.17 bits per heavy atom. The Hall–Kier alpha value is -0.530. The van der Waals surface area contributed by atoms with Crippen LogP contribution in [0, 0.1) is 17.8 Å². The van der Waals surface area contributed by atoms with Crippen molar-refractivity contribution in [2.75, 3.05) is 0 Å². The van der Waals surface area contributed by atoms with Gasteiger partial charge >= 0.3 is 0 Å². The van der Waals surface area contributed by atoms with Crippen molar-refractivity contribution in [3.63, 3.8) is 0 Å². The monoisotopic (exact) mass is 169 g/mol. The van der Waals surface area contributed by atoms with Crippen LogP contribution in [0.25, 0.3) is 0 Å². The van der Waals surface area contributed by atoms with E-state index in [1.165, 1.54) is 19.3 Å². The molecule has 1 saturated carbocycles. The Kier molecular flexibility index (Phi) is 3.12. The molecule has 0 heterocycles. The molecule has 0 aromatic carbocycles. The second-order valence-corrected chi connectivity index (χ2v) is 4.35. The fourth-order valence-electron chi connectivity index (χ4n) is 2.19. The molecule has 2 N–H and O–H groups in total. The molecule has 1 fully saturated rings. The Morgan fingerprint density at radius 3 is 2.58 bits per heavy atom. The zero-order valence-corrected chi connectivity index (χ0v) is 8.05. The third-order valence-electron chi connectivity index (χ3n) is 3.01. The lowest BCUT2D eigenvalue weighted by molar-refractivity contribution is -0.118. The van der Waals surface area contributed by atoms with Crippen molar-refractivity contribution in [2.45, 2.75) is 39.5 Å². The molecule has 0 spiro atoms. The Balaban J connectivity index is 2.30. The molecular formula is C10H19NO. The summed E-state index contributed by atoms with van der Waals surface area (Å²) in [4.78, 5) is 10.7. The van der Waals surface area contributed by atoms with Crippen molar-refractivity contribution in [1.82, 2.24) is 0 Å². The van der Waals surface area contributed by atoms with E-state index in [0.717, 1.165) is 11.8 Å². The highest BCUT2D eigenvalue weighted by molar-refractivity contribution is 5.74. The molecule has 0 aromatic rings. The smallest absolute Gasteiger partial charge is 0.217 e. The normalized spacial score (nSPS) is 29.6. The predicted octanol–water partition coefficient (Wildman–Crippen LogP) is 1.93. The second kappa shape index (κ2) is 3.92. The number of carbonyl (C=O) groups excluding carboxylic acids is 1. The van der Waals surface area contributed by atoms with Gasteiger partial charge in [0.25, 0.3) is 0 Å². The standard InChI is InChI=1S/C10H19NO/c1-7(2)9-4-3-8(5-9)6-10(11)12/h7-9H,3-6H2,1-2H3,(H2,11,12). The number of amides is 1. The molecule has 2 unspecified atom stereocenters. The molecular weight excluding hydrogens is 150 g/mol. The van der Waals surface area contributed by atoms with Crippen molar-refractivity contribution in [3.8, 4) is 0 Å². The van der Waals surface area contributed by atoms with Gasteiger partial charge in [-0.2, -0.15) is 0 Å². The highest BCUT2D eigenvalue weighted by atomic mass is 16.1. The number of hydrogen-bond acceptors (Lipinski definition) is 1. The summed E-state index contributed by atoms with van der Waals surface area (Å²) in [6.45, 7) is 4.52. The fraction of sp³-hybridized carbons (Fsp3) is 0.900. The lowest BCUT2D eigenvalue weighted by Gasteiger charge is -2.13. The SMILES string of the molecule is CC(C)C1CCC(CC(N)=O)C1. The van der Waals surface area contributed by atoms with Crippen molar-refractivity contribution in [2.24, 2.45) is 23.5 Å². The van der Waals surface area contributed by atoms with Gasteiger partial charge in [0, 0.05) is 6.42 Å². The van der Waals surface area contributed by atoms with E-state index in [-0.39, 0.29) is 5.91 Å². The predicted molar refractivity (Wildman–Crippen MR) is 49.5 cm³/mol. The lowest BCUT2D eigenvalue weighted by atomic mass is 9.93. The van der Waals surface area contributed by atoms with Gasteiger partial charge in [0.2, 0.25) is 5.91 Å². The molecule has 1 aliphatic carbocycles. The summed E-state index contributed by atoms with van der Waals surface area (Å²) in [5.74, 6) is 2.04. The van der Waals surface area contributed by atoms with E-state index in [9.17, 15) is 4.79 Å². The third kappa shape index (κ3) is 2.50. The van der Waals surface area contributed by atoms with Crippen LogP contribution in [0.5, 0.6) is 0 Å².